The molecule has 0 spiro atoms. The second kappa shape index (κ2) is 8.45. The molecule has 1 heterocycles. The molecule has 1 fully saturated rings. The molecule has 106 valence electrons. The summed E-state index contributed by atoms with van der Waals surface area (Å²) in [6.45, 7) is 2.89. The predicted octanol–water partition coefficient (Wildman–Crippen LogP) is 0.548. The van der Waals surface area contributed by atoms with Gasteiger partial charge in [-0.1, -0.05) is 6.42 Å². The smallest absolute Gasteiger partial charge is 0.224 e. The van der Waals surface area contributed by atoms with Crippen LogP contribution in [0.4, 0.5) is 0 Å². The highest BCUT2D eigenvalue weighted by Gasteiger charge is 2.26. The maximum Gasteiger partial charge on any atom is 0.224 e. The highest BCUT2D eigenvalue weighted by molar-refractivity contribution is 5.46. The van der Waals surface area contributed by atoms with Crippen molar-refractivity contribution in [2.45, 2.75) is 38.1 Å². The largest absolute Gasteiger partial charge is 0.396 e. The Hall–Kier alpha value is -0.650. The molecule has 0 bridgehead atoms. The van der Waals surface area contributed by atoms with Gasteiger partial charge in [0.15, 0.2) is 0 Å². The Kier molecular flexibility index (Phi) is 7.23. The van der Waals surface area contributed by atoms with Crippen LogP contribution in [0, 0.1) is 0 Å². The van der Waals surface area contributed by atoms with Gasteiger partial charge in [-0.2, -0.15) is 0 Å². The van der Waals surface area contributed by atoms with Gasteiger partial charge in [0.25, 0.3) is 0 Å². The quantitative estimate of drug-likeness (QED) is 0.645. The molecular weight excluding hydrogens is 230 g/mol. The van der Waals surface area contributed by atoms with Gasteiger partial charge >= 0.3 is 0 Å². The molecule has 5 heteroatoms. The van der Waals surface area contributed by atoms with Gasteiger partial charge < -0.3 is 10.0 Å². The number of aliphatic hydroxyl groups excluding tert-OH is 1. The fourth-order valence-electron chi connectivity index (χ4n) is 2.56. The molecule has 1 unspecified atom stereocenters. The lowest BCUT2D eigenvalue weighted by atomic mass is 10.0. The van der Waals surface area contributed by atoms with Gasteiger partial charge in [-0.25, -0.2) is 5.01 Å². The Morgan fingerprint density at radius 3 is 2.72 bits per heavy atom. The van der Waals surface area contributed by atoms with Crippen molar-refractivity contribution < 1.29 is 9.90 Å². The molecule has 1 saturated heterocycles. The maximum atomic E-state index is 11.2. The lowest BCUT2D eigenvalue weighted by molar-refractivity contribution is -0.143. The van der Waals surface area contributed by atoms with Gasteiger partial charge in [0.05, 0.1) is 0 Å². The van der Waals surface area contributed by atoms with Gasteiger partial charge in [0.1, 0.15) is 0 Å². The van der Waals surface area contributed by atoms with Crippen molar-refractivity contribution in [1.82, 2.24) is 14.9 Å². The van der Waals surface area contributed by atoms with Crippen LogP contribution in [0.2, 0.25) is 0 Å². The molecule has 0 saturated carbocycles. The minimum Gasteiger partial charge on any atom is -0.396 e. The molecule has 1 aliphatic rings. The zero-order chi connectivity index (χ0) is 13.4. The van der Waals surface area contributed by atoms with E-state index in [4.69, 9.17) is 5.11 Å². The summed E-state index contributed by atoms with van der Waals surface area (Å²) in [7, 11) is 4.08. The molecule has 1 rings (SSSR count). The van der Waals surface area contributed by atoms with E-state index in [1.807, 2.05) is 19.1 Å². The fourth-order valence-corrected chi connectivity index (χ4v) is 2.56. The van der Waals surface area contributed by atoms with E-state index in [1.54, 1.807) is 0 Å². The zero-order valence-electron chi connectivity index (χ0n) is 11.7. The molecule has 1 amide bonds. The average molecular weight is 257 g/mol. The highest BCUT2D eigenvalue weighted by Crippen LogP contribution is 2.20. The summed E-state index contributed by atoms with van der Waals surface area (Å²) in [5, 5.41) is 13.1. The first-order valence-electron chi connectivity index (χ1n) is 6.93. The van der Waals surface area contributed by atoms with Crippen LogP contribution in [0.3, 0.4) is 0 Å². The zero-order valence-corrected chi connectivity index (χ0v) is 11.7. The molecule has 0 aromatic rings. The molecule has 5 nitrogen and oxygen atoms in total. The number of nitrogens with zero attached hydrogens (tertiary/aromatic N) is 3. The number of hydrogen-bond donors (Lipinski definition) is 1. The van der Waals surface area contributed by atoms with Crippen molar-refractivity contribution in [2.24, 2.45) is 0 Å². The lowest BCUT2D eigenvalue weighted by Gasteiger charge is -2.41. The van der Waals surface area contributed by atoms with Gasteiger partial charge in [-0.3, -0.25) is 9.80 Å². The normalized spacial score (nSPS) is 21.2. The van der Waals surface area contributed by atoms with Crippen molar-refractivity contribution in [3.63, 3.8) is 0 Å². The van der Waals surface area contributed by atoms with E-state index >= 15 is 0 Å². The van der Waals surface area contributed by atoms with E-state index in [9.17, 15) is 4.79 Å². The predicted molar refractivity (Wildman–Crippen MR) is 72.0 cm³/mol. The molecule has 0 aromatic heterocycles. The van der Waals surface area contributed by atoms with Crippen LogP contribution in [0.5, 0.6) is 0 Å². The van der Waals surface area contributed by atoms with Crippen molar-refractivity contribution in [2.75, 3.05) is 40.3 Å². The van der Waals surface area contributed by atoms with Crippen LogP contribution >= 0.6 is 0 Å². The Bertz CT molecular complexity index is 234. The molecule has 0 aliphatic carbocycles. The summed E-state index contributed by atoms with van der Waals surface area (Å²) in [5.74, 6) is 0. The second-order valence-electron chi connectivity index (χ2n) is 5.25. The van der Waals surface area contributed by atoms with Crippen LogP contribution in [-0.4, -0.2) is 72.8 Å². The van der Waals surface area contributed by atoms with E-state index in [2.05, 4.69) is 9.91 Å². The first-order valence-corrected chi connectivity index (χ1v) is 6.93. The minimum absolute atomic E-state index is 0.200. The highest BCUT2D eigenvalue weighted by atomic mass is 16.3. The number of aliphatic hydroxyl groups is 1. The van der Waals surface area contributed by atoms with Gasteiger partial charge in [-0.15, -0.1) is 0 Å². The monoisotopic (exact) mass is 257 g/mol. The Morgan fingerprint density at radius 1 is 1.33 bits per heavy atom. The third-order valence-electron chi connectivity index (χ3n) is 3.50. The lowest BCUT2D eigenvalue weighted by Crippen LogP contribution is -2.51. The van der Waals surface area contributed by atoms with Gasteiger partial charge in [0.2, 0.25) is 6.41 Å². The van der Waals surface area contributed by atoms with Crippen LogP contribution in [0.15, 0.2) is 0 Å². The summed E-state index contributed by atoms with van der Waals surface area (Å²) in [6.07, 6.45) is 6.10. The Balaban J connectivity index is 2.46. The van der Waals surface area contributed by atoms with E-state index in [0.717, 1.165) is 51.7 Å². The second-order valence-corrected chi connectivity index (χ2v) is 5.25. The number of piperidine rings is 1. The SMILES string of the molecule is CN(C)CCCN(C=O)N1CCCCC1CCO. The summed E-state index contributed by atoms with van der Waals surface area (Å²) in [6, 6.07) is 0.327. The number of rotatable bonds is 8. The molecule has 18 heavy (non-hydrogen) atoms. The standard InChI is InChI=1S/C13H27N3O2/c1-14(2)8-5-9-15(12-18)16-10-4-3-6-13(16)7-11-17/h12-13,17H,3-11H2,1-2H3. The number of hydrazine groups is 1. The molecule has 0 aromatic carbocycles. The molecule has 1 N–H and O–H groups in total. The molecule has 0 radical (unpaired) electrons. The first-order chi connectivity index (χ1) is 8.69. The van der Waals surface area contributed by atoms with E-state index in [0.29, 0.717) is 6.04 Å². The third-order valence-corrected chi connectivity index (χ3v) is 3.50. The Labute approximate surface area is 110 Å². The van der Waals surface area contributed by atoms with E-state index < -0.39 is 0 Å². The fraction of sp³-hybridized carbons (Fsp3) is 0.923. The topological polar surface area (TPSA) is 47.0 Å². The summed E-state index contributed by atoms with van der Waals surface area (Å²) in [4.78, 5) is 13.4. The van der Waals surface area contributed by atoms with Crippen molar-refractivity contribution in [3.05, 3.63) is 0 Å². The third kappa shape index (κ3) is 4.92. The van der Waals surface area contributed by atoms with Crippen LogP contribution < -0.4 is 0 Å². The number of carbonyl (C=O) groups excluding carboxylic acids is 1. The number of hydrogen-bond acceptors (Lipinski definition) is 4. The van der Waals surface area contributed by atoms with Crippen LogP contribution in [0.1, 0.15) is 32.1 Å². The molecule has 1 aliphatic heterocycles. The van der Waals surface area contributed by atoms with E-state index in [1.165, 1.54) is 6.42 Å². The Morgan fingerprint density at radius 2 is 2.11 bits per heavy atom. The summed E-state index contributed by atoms with van der Waals surface area (Å²) in [5.41, 5.74) is 0. The minimum atomic E-state index is 0.200. The molecular formula is C13H27N3O2. The molecule has 1 atom stereocenters. The van der Waals surface area contributed by atoms with Crippen molar-refractivity contribution >= 4 is 6.41 Å². The number of amides is 1. The summed E-state index contributed by atoms with van der Waals surface area (Å²) < 4.78 is 0. The van der Waals surface area contributed by atoms with E-state index in [-0.39, 0.29) is 6.61 Å². The average Bonchev–Trinajstić information content (AvgIpc) is 2.36. The summed E-state index contributed by atoms with van der Waals surface area (Å²) >= 11 is 0. The number of carbonyl (C=O) groups is 1. The van der Waals surface area contributed by atoms with Crippen molar-refractivity contribution in [3.8, 4) is 0 Å². The maximum absolute atomic E-state index is 11.2. The van der Waals surface area contributed by atoms with Crippen molar-refractivity contribution in [1.29, 1.82) is 0 Å². The van der Waals surface area contributed by atoms with Gasteiger partial charge in [0, 0.05) is 25.7 Å². The van der Waals surface area contributed by atoms with Crippen LogP contribution in [-0.2, 0) is 4.79 Å². The van der Waals surface area contributed by atoms with Crippen LogP contribution in [0.25, 0.3) is 0 Å². The van der Waals surface area contributed by atoms with Gasteiger partial charge in [-0.05, 0) is 46.3 Å². The first kappa shape index (κ1) is 15.4.